The van der Waals surface area contributed by atoms with Crippen LogP contribution in [-0.4, -0.2) is 55.3 Å². The Hall–Kier alpha value is -1.13. The molecule has 1 aromatic rings. The van der Waals surface area contributed by atoms with Crippen LogP contribution in [-0.2, 0) is 0 Å². The van der Waals surface area contributed by atoms with Crippen LogP contribution in [0.5, 0.6) is 0 Å². The Labute approximate surface area is 109 Å². The van der Waals surface area contributed by atoms with Gasteiger partial charge in [0, 0.05) is 32.3 Å². The number of piperidine rings is 1. The molecule has 18 heavy (non-hydrogen) atoms. The minimum absolute atomic E-state index is 0.263. The summed E-state index contributed by atoms with van der Waals surface area (Å²) < 4.78 is 0. The lowest BCUT2D eigenvalue weighted by atomic mass is 9.93. The molecule has 0 aromatic carbocycles. The molecule has 1 aliphatic rings. The van der Waals surface area contributed by atoms with Gasteiger partial charge in [0.15, 0.2) is 0 Å². The van der Waals surface area contributed by atoms with Crippen molar-refractivity contribution in [1.29, 1.82) is 0 Å². The van der Waals surface area contributed by atoms with Crippen LogP contribution < -0.4 is 4.90 Å². The molecule has 1 aliphatic heterocycles. The zero-order valence-corrected chi connectivity index (χ0v) is 11.3. The lowest BCUT2D eigenvalue weighted by molar-refractivity contribution is 0.163. The number of likely N-dealkylation sites (tertiary alicyclic amines) is 1. The van der Waals surface area contributed by atoms with Crippen molar-refractivity contribution < 1.29 is 5.11 Å². The van der Waals surface area contributed by atoms with Gasteiger partial charge < -0.3 is 14.9 Å². The molecule has 0 amide bonds. The Morgan fingerprint density at radius 1 is 1.33 bits per heavy atom. The average molecular weight is 249 g/mol. The van der Waals surface area contributed by atoms with E-state index in [1.807, 2.05) is 25.1 Å². The van der Waals surface area contributed by atoms with Crippen molar-refractivity contribution in [3.8, 4) is 0 Å². The van der Waals surface area contributed by atoms with Crippen LogP contribution in [0.25, 0.3) is 0 Å². The summed E-state index contributed by atoms with van der Waals surface area (Å²) in [5.74, 6) is 1.60. The summed E-state index contributed by atoms with van der Waals surface area (Å²) in [4.78, 5) is 9.10. The second-order valence-corrected chi connectivity index (χ2v) is 5.15. The molecule has 0 unspecified atom stereocenters. The minimum atomic E-state index is 0.263. The lowest BCUT2D eigenvalue weighted by Gasteiger charge is -2.31. The Morgan fingerprint density at radius 2 is 2.06 bits per heavy atom. The number of hydrogen-bond acceptors (Lipinski definition) is 4. The summed E-state index contributed by atoms with van der Waals surface area (Å²) in [7, 11) is 4.05. The van der Waals surface area contributed by atoms with Crippen LogP contribution in [0.4, 0.5) is 5.82 Å². The van der Waals surface area contributed by atoms with Gasteiger partial charge in [-0.1, -0.05) is 6.07 Å². The average Bonchev–Trinajstić information content (AvgIpc) is 2.40. The highest BCUT2D eigenvalue weighted by molar-refractivity contribution is 5.37. The van der Waals surface area contributed by atoms with Crippen LogP contribution >= 0.6 is 0 Å². The van der Waals surface area contributed by atoms with E-state index in [9.17, 15) is 0 Å². The molecule has 0 radical (unpaired) electrons. The summed E-state index contributed by atoms with van der Waals surface area (Å²) in [5, 5.41) is 8.94. The third-order valence-electron chi connectivity index (χ3n) is 3.64. The normalized spacial score (nSPS) is 17.9. The zero-order valence-electron chi connectivity index (χ0n) is 11.3. The minimum Gasteiger partial charge on any atom is -0.395 e. The number of aliphatic hydroxyl groups excluding tert-OH is 1. The van der Waals surface area contributed by atoms with E-state index in [0.29, 0.717) is 5.92 Å². The molecular formula is C14H23N3O. The summed E-state index contributed by atoms with van der Waals surface area (Å²) in [6.45, 7) is 3.20. The van der Waals surface area contributed by atoms with Crippen molar-refractivity contribution in [1.82, 2.24) is 9.88 Å². The van der Waals surface area contributed by atoms with Crippen molar-refractivity contribution in [2.75, 3.05) is 45.2 Å². The largest absolute Gasteiger partial charge is 0.395 e. The summed E-state index contributed by atoms with van der Waals surface area (Å²) in [5.41, 5.74) is 1.21. The van der Waals surface area contributed by atoms with Crippen LogP contribution in [0.15, 0.2) is 18.2 Å². The molecule has 4 nitrogen and oxygen atoms in total. The molecule has 1 fully saturated rings. The standard InChI is InChI=1S/C14H23N3O/c1-16(2)14-5-3-4-13(15-14)12-6-8-17(9-7-12)10-11-18/h3-5,12,18H,6-11H2,1-2H3. The number of rotatable bonds is 4. The van der Waals surface area contributed by atoms with Gasteiger partial charge in [0.05, 0.1) is 6.61 Å². The highest BCUT2D eigenvalue weighted by Crippen LogP contribution is 2.27. The predicted molar refractivity (Wildman–Crippen MR) is 74.1 cm³/mol. The van der Waals surface area contributed by atoms with Crippen molar-refractivity contribution in [3.05, 3.63) is 23.9 Å². The number of β-amino-alcohol motifs (C(OH)–C–C–N with tert-alkyl or cyclic N) is 1. The lowest BCUT2D eigenvalue weighted by Crippen LogP contribution is -2.35. The molecule has 0 bridgehead atoms. The fraction of sp³-hybridized carbons (Fsp3) is 0.643. The Kier molecular flexibility index (Phi) is 4.55. The monoisotopic (exact) mass is 249 g/mol. The topological polar surface area (TPSA) is 39.6 Å². The SMILES string of the molecule is CN(C)c1cccc(C2CCN(CCO)CC2)n1. The quantitative estimate of drug-likeness (QED) is 0.873. The number of aliphatic hydroxyl groups is 1. The molecule has 1 N–H and O–H groups in total. The molecule has 1 saturated heterocycles. The van der Waals surface area contributed by atoms with Gasteiger partial charge in [-0.3, -0.25) is 0 Å². The molecule has 100 valence electrons. The molecule has 0 saturated carbocycles. The van der Waals surface area contributed by atoms with Crippen LogP contribution in [0.2, 0.25) is 0 Å². The highest BCUT2D eigenvalue weighted by atomic mass is 16.3. The van der Waals surface area contributed by atoms with Crippen molar-refractivity contribution in [2.45, 2.75) is 18.8 Å². The van der Waals surface area contributed by atoms with Gasteiger partial charge in [-0.2, -0.15) is 0 Å². The first-order valence-corrected chi connectivity index (χ1v) is 6.68. The molecule has 0 aliphatic carbocycles. The second kappa shape index (κ2) is 6.16. The maximum absolute atomic E-state index is 8.94. The molecule has 1 aromatic heterocycles. The van der Waals surface area contributed by atoms with Gasteiger partial charge >= 0.3 is 0 Å². The van der Waals surface area contributed by atoms with E-state index in [1.165, 1.54) is 5.69 Å². The van der Waals surface area contributed by atoms with E-state index >= 15 is 0 Å². The van der Waals surface area contributed by atoms with Gasteiger partial charge in [-0.15, -0.1) is 0 Å². The van der Waals surface area contributed by atoms with Gasteiger partial charge in [0.1, 0.15) is 5.82 Å². The summed E-state index contributed by atoms with van der Waals surface area (Å²) in [6.07, 6.45) is 2.29. The second-order valence-electron chi connectivity index (χ2n) is 5.15. The van der Waals surface area contributed by atoms with Gasteiger partial charge in [0.25, 0.3) is 0 Å². The van der Waals surface area contributed by atoms with E-state index in [2.05, 4.69) is 17.0 Å². The van der Waals surface area contributed by atoms with Gasteiger partial charge in [0.2, 0.25) is 0 Å². The maximum atomic E-state index is 8.94. The first-order valence-electron chi connectivity index (χ1n) is 6.68. The van der Waals surface area contributed by atoms with Gasteiger partial charge in [-0.05, 0) is 38.1 Å². The number of aromatic nitrogens is 1. The van der Waals surface area contributed by atoms with Crippen molar-refractivity contribution in [2.24, 2.45) is 0 Å². The number of hydrogen-bond donors (Lipinski definition) is 1. The number of pyridine rings is 1. The summed E-state index contributed by atoms with van der Waals surface area (Å²) in [6, 6.07) is 6.28. The van der Waals surface area contributed by atoms with E-state index in [0.717, 1.165) is 38.3 Å². The van der Waals surface area contributed by atoms with Crippen molar-refractivity contribution >= 4 is 5.82 Å². The van der Waals surface area contributed by atoms with Crippen LogP contribution in [0, 0.1) is 0 Å². The zero-order chi connectivity index (χ0) is 13.0. The molecule has 2 heterocycles. The van der Waals surface area contributed by atoms with E-state index in [1.54, 1.807) is 0 Å². The Balaban J connectivity index is 1.98. The van der Waals surface area contributed by atoms with Crippen LogP contribution in [0.1, 0.15) is 24.5 Å². The molecule has 2 rings (SSSR count). The summed E-state index contributed by atoms with van der Waals surface area (Å²) >= 11 is 0. The van der Waals surface area contributed by atoms with E-state index in [4.69, 9.17) is 10.1 Å². The van der Waals surface area contributed by atoms with Crippen LogP contribution in [0.3, 0.4) is 0 Å². The number of anilines is 1. The smallest absolute Gasteiger partial charge is 0.128 e. The molecule has 0 atom stereocenters. The maximum Gasteiger partial charge on any atom is 0.128 e. The van der Waals surface area contributed by atoms with Gasteiger partial charge in [-0.25, -0.2) is 4.98 Å². The van der Waals surface area contributed by atoms with Crippen molar-refractivity contribution in [3.63, 3.8) is 0 Å². The Morgan fingerprint density at radius 3 is 2.67 bits per heavy atom. The third-order valence-corrected chi connectivity index (χ3v) is 3.64. The molecule has 0 spiro atoms. The third kappa shape index (κ3) is 3.21. The fourth-order valence-corrected chi connectivity index (χ4v) is 2.51. The Bertz CT molecular complexity index is 373. The molecule has 4 heteroatoms. The number of nitrogens with zero attached hydrogens (tertiary/aromatic N) is 3. The first-order chi connectivity index (χ1) is 8.70. The van der Waals surface area contributed by atoms with E-state index in [-0.39, 0.29) is 6.61 Å². The fourth-order valence-electron chi connectivity index (χ4n) is 2.51. The highest BCUT2D eigenvalue weighted by Gasteiger charge is 2.21. The first kappa shape index (κ1) is 13.3. The van der Waals surface area contributed by atoms with E-state index < -0.39 is 0 Å². The predicted octanol–water partition coefficient (Wildman–Crippen LogP) is 1.32. The molecular weight excluding hydrogens is 226 g/mol.